The number of carbonyl (C=O) groups is 1. The first-order valence-corrected chi connectivity index (χ1v) is 9.72. The van der Waals surface area contributed by atoms with Crippen LogP contribution in [0.2, 0.25) is 0 Å². The van der Waals surface area contributed by atoms with Gasteiger partial charge in [-0.15, -0.1) is 0 Å². The van der Waals surface area contributed by atoms with Crippen LogP contribution in [0.15, 0.2) is 40.0 Å². The average Bonchev–Trinajstić information content (AvgIpc) is 2.91. The van der Waals surface area contributed by atoms with Gasteiger partial charge in [-0.25, -0.2) is 17.9 Å². The molecular weight excluding hydrogens is 356 g/mol. The lowest BCUT2D eigenvalue weighted by Gasteiger charge is -2.12. The lowest BCUT2D eigenvalue weighted by atomic mass is 10.1. The van der Waals surface area contributed by atoms with Gasteiger partial charge in [-0.3, -0.25) is 14.7 Å². The Kier molecular flexibility index (Phi) is 4.41. The van der Waals surface area contributed by atoms with Crippen molar-refractivity contribution in [2.75, 3.05) is 11.6 Å². The quantitative estimate of drug-likeness (QED) is 0.713. The van der Waals surface area contributed by atoms with E-state index in [1.165, 1.54) is 18.2 Å². The Bertz CT molecular complexity index is 1160. The van der Waals surface area contributed by atoms with Crippen LogP contribution in [0.4, 0.5) is 5.69 Å². The van der Waals surface area contributed by atoms with Crippen LogP contribution >= 0.6 is 0 Å². The third kappa shape index (κ3) is 3.52. The Labute approximate surface area is 149 Å². The van der Waals surface area contributed by atoms with E-state index in [-0.39, 0.29) is 22.8 Å². The molecule has 8 nitrogen and oxygen atoms in total. The van der Waals surface area contributed by atoms with Crippen molar-refractivity contribution in [2.24, 2.45) is 0 Å². The van der Waals surface area contributed by atoms with Crippen molar-refractivity contribution in [1.82, 2.24) is 14.6 Å². The number of hydrogen-bond acceptors (Lipinski definition) is 5. The molecule has 136 valence electrons. The first kappa shape index (κ1) is 17.9. The number of sulfone groups is 1. The first-order valence-electron chi connectivity index (χ1n) is 7.83. The van der Waals surface area contributed by atoms with Gasteiger partial charge in [-0.1, -0.05) is 0 Å². The molecule has 0 saturated carbocycles. The normalized spacial score (nSPS) is 11.7. The second-order valence-corrected chi connectivity index (χ2v) is 8.11. The molecule has 0 aliphatic rings. The molecule has 0 radical (unpaired) electrons. The Morgan fingerprint density at radius 1 is 1.23 bits per heavy atom. The van der Waals surface area contributed by atoms with Gasteiger partial charge in [0, 0.05) is 35.0 Å². The molecule has 0 spiro atoms. The van der Waals surface area contributed by atoms with Gasteiger partial charge in [0.1, 0.15) is 0 Å². The molecule has 3 aromatic rings. The molecule has 2 heterocycles. The molecule has 0 bridgehead atoms. The maximum atomic E-state index is 12.4. The van der Waals surface area contributed by atoms with Gasteiger partial charge >= 0.3 is 0 Å². The molecule has 1 aromatic carbocycles. The van der Waals surface area contributed by atoms with Crippen LogP contribution in [-0.4, -0.2) is 35.2 Å². The number of H-pyrrole nitrogens is 1. The maximum absolute atomic E-state index is 12.4. The second-order valence-electron chi connectivity index (χ2n) is 6.10. The number of benzene rings is 1. The molecule has 3 rings (SSSR count). The molecule has 0 unspecified atom stereocenters. The Balaban J connectivity index is 1.82. The number of nitrogens with one attached hydrogen (secondary N) is 2. The smallest absolute Gasteiger partial charge is 0.266 e. The van der Waals surface area contributed by atoms with E-state index < -0.39 is 9.84 Å². The number of carbonyl (C=O) groups excluding carboxylic acids is 1. The summed E-state index contributed by atoms with van der Waals surface area (Å²) < 4.78 is 24.5. The minimum atomic E-state index is -3.28. The molecule has 0 atom stereocenters. The van der Waals surface area contributed by atoms with E-state index in [4.69, 9.17) is 0 Å². The number of aryl methyl sites for hydroxylation is 2. The summed E-state index contributed by atoms with van der Waals surface area (Å²) in [6, 6.07) is 7.37. The van der Waals surface area contributed by atoms with Crippen LogP contribution in [0.5, 0.6) is 0 Å². The fraction of sp³-hybridized carbons (Fsp3) is 0.235. The predicted molar refractivity (Wildman–Crippen MR) is 97.2 cm³/mol. The monoisotopic (exact) mass is 374 g/mol. The van der Waals surface area contributed by atoms with Crippen LogP contribution in [0.25, 0.3) is 5.65 Å². The fourth-order valence-electron chi connectivity index (χ4n) is 2.76. The van der Waals surface area contributed by atoms with Gasteiger partial charge in [-0.2, -0.15) is 0 Å². The molecule has 26 heavy (non-hydrogen) atoms. The highest BCUT2D eigenvalue weighted by atomic mass is 32.2. The van der Waals surface area contributed by atoms with Crippen molar-refractivity contribution < 1.29 is 13.2 Å². The number of hydrogen-bond donors (Lipinski definition) is 2. The van der Waals surface area contributed by atoms with Gasteiger partial charge in [0.25, 0.3) is 5.56 Å². The van der Waals surface area contributed by atoms with Gasteiger partial charge < -0.3 is 5.32 Å². The summed E-state index contributed by atoms with van der Waals surface area (Å²) in [6.45, 7) is 3.59. The number of amides is 1. The predicted octanol–water partition coefficient (Wildman–Crippen LogP) is 1.22. The lowest BCUT2D eigenvalue weighted by Crippen LogP contribution is -2.18. The van der Waals surface area contributed by atoms with E-state index in [0.717, 1.165) is 17.5 Å². The molecule has 9 heteroatoms. The summed E-state index contributed by atoms with van der Waals surface area (Å²) in [5.41, 5.74) is 2.87. The molecule has 0 aliphatic heterocycles. The molecular formula is C17H18N4O4S. The molecule has 0 saturated heterocycles. The highest BCUT2D eigenvalue weighted by Gasteiger charge is 2.14. The van der Waals surface area contributed by atoms with Crippen molar-refractivity contribution >= 4 is 27.1 Å². The summed E-state index contributed by atoms with van der Waals surface area (Å²) in [4.78, 5) is 28.4. The Morgan fingerprint density at radius 2 is 1.88 bits per heavy atom. The van der Waals surface area contributed by atoms with Crippen LogP contribution in [0.1, 0.15) is 17.0 Å². The van der Waals surface area contributed by atoms with E-state index in [9.17, 15) is 18.0 Å². The van der Waals surface area contributed by atoms with Crippen LogP contribution < -0.4 is 10.9 Å². The van der Waals surface area contributed by atoms with Crippen LogP contribution in [-0.2, 0) is 21.1 Å². The number of aromatic amines is 1. The van der Waals surface area contributed by atoms with Crippen molar-refractivity contribution in [2.45, 2.75) is 25.2 Å². The van der Waals surface area contributed by atoms with E-state index >= 15 is 0 Å². The minimum absolute atomic E-state index is 0.0780. The summed E-state index contributed by atoms with van der Waals surface area (Å²) in [5.74, 6) is -0.265. The second kappa shape index (κ2) is 6.41. The SMILES string of the molecule is Cc1nc2cc(=O)[nH]n2c(C)c1CC(=O)Nc1ccc(S(C)(=O)=O)cc1. The molecule has 0 fully saturated rings. The average molecular weight is 374 g/mol. The molecule has 2 aromatic heterocycles. The lowest BCUT2D eigenvalue weighted by molar-refractivity contribution is -0.115. The zero-order valence-electron chi connectivity index (χ0n) is 14.5. The standard InChI is InChI=1S/C17H18N4O4S/c1-10-14(11(2)21-15(18-10)9-17(23)20-21)8-16(22)19-12-4-6-13(7-5-12)26(3,24)25/h4-7,9H,8H2,1-3H3,(H,19,22)(H,20,23). The minimum Gasteiger partial charge on any atom is -0.326 e. The molecule has 0 aliphatic carbocycles. The largest absolute Gasteiger partial charge is 0.326 e. The van der Waals surface area contributed by atoms with Gasteiger partial charge in [0.15, 0.2) is 15.5 Å². The third-order valence-electron chi connectivity index (χ3n) is 4.11. The molecule has 2 N–H and O–H groups in total. The van der Waals surface area contributed by atoms with E-state index in [0.29, 0.717) is 17.0 Å². The van der Waals surface area contributed by atoms with Crippen molar-refractivity contribution in [1.29, 1.82) is 0 Å². The number of anilines is 1. The van der Waals surface area contributed by atoms with E-state index in [1.54, 1.807) is 30.5 Å². The Hall–Kier alpha value is -2.94. The summed E-state index contributed by atoms with van der Waals surface area (Å²) in [7, 11) is -3.28. The zero-order valence-corrected chi connectivity index (χ0v) is 15.3. The highest BCUT2D eigenvalue weighted by Crippen LogP contribution is 2.17. The van der Waals surface area contributed by atoms with Crippen molar-refractivity contribution in [3.05, 3.63) is 57.6 Å². The summed E-state index contributed by atoms with van der Waals surface area (Å²) in [6.07, 6.45) is 1.20. The van der Waals surface area contributed by atoms with Gasteiger partial charge in [0.05, 0.1) is 11.3 Å². The van der Waals surface area contributed by atoms with Gasteiger partial charge in [0.2, 0.25) is 5.91 Å². The van der Waals surface area contributed by atoms with E-state index in [1.807, 2.05) is 0 Å². The zero-order chi connectivity index (χ0) is 19.1. The van der Waals surface area contributed by atoms with E-state index in [2.05, 4.69) is 15.4 Å². The maximum Gasteiger partial charge on any atom is 0.266 e. The number of rotatable bonds is 4. The fourth-order valence-corrected chi connectivity index (χ4v) is 3.39. The van der Waals surface area contributed by atoms with Crippen molar-refractivity contribution in [3.63, 3.8) is 0 Å². The highest BCUT2D eigenvalue weighted by molar-refractivity contribution is 7.90. The summed E-state index contributed by atoms with van der Waals surface area (Å²) >= 11 is 0. The number of aromatic nitrogens is 3. The topological polar surface area (TPSA) is 113 Å². The number of fused-ring (bicyclic) bond motifs is 1. The summed E-state index contributed by atoms with van der Waals surface area (Å²) in [5, 5.41) is 5.38. The number of nitrogens with zero attached hydrogens (tertiary/aromatic N) is 2. The van der Waals surface area contributed by atoms with Gasteiger partial charge in [-0.05, 0) is 38.1 Å². The van der Waals surface area contributed by atoms with Crippen molar-refractivity contribution in [3.8, 4) is 0 Å². The molecule has 1 amide bonds. The van der Waals surface area contributed by atoms with Crippen LogP contribution in [0, 0.1) is 13.8 Å². The Morgan fingerprint density at radius 3 is 2.50 bits per heavy atom. The van der Waals surface area contributed by atoms with Crippen LogP contribution in [0.3, 0.4) is 0 Å². The third-order valence-corrected chi connectivity index (χ3v) is 5.23. The first-order chi connectivity index (χ1) is 12.1.